The summed E-state index contributed by atoms with van der Waals surface area (Å²) in [4.78, 5) is 13.9. The molecule has 5 nitrogen and oxygen atoms in total. The molecule has 0 aliphatic heterocycles. The Hall–Kier alpha value is -1.75. The van der Waals surface area contributed by atoms with Crippen LogP contribution in [0.25, 0.3) is 0 Å². The molecule has 0 saturated heterocycles. The molecule has 0 spiro atoms. The van der Waals surface area contributed by atoms with Crippen LogP contribution in [-0.4, -0.2) is 49.3 Å². The first-order valence-corrected chi connectivity index (χ1v) is 5.99. The molecule has 0 aliphatic rings. The highest BCUT2D eigenvalue weighted by Gasteiger charge is 2.25. The molecule has 5 heteroatoms. The smallest absolute Gasteiger partial charge is 0.261 e. The fraction of sp³-hybridized carbons (Fsp3) is 0.500. The van der Waals surface area contributed by atoms with Crippen LogP contribution in [0.2, 0.25) is 0 Å². The van der Waals surface area contributed by atoms with Crippen LogP contribution in [-0.2, 0) is 0 Å². The van der Waals surface area contributed by atoms with Crippen molar-refractivity contribution in [1.29, 1.82) is 0 Å². The van der Waals surface area contributed by atoms with Crippen LogP contribution in [0.5, 0.6) is 11.5 Å². The van der Waals surface area contributed by atoms with Crippen molar-refractivity contribution in [1.82, 2.24) is 4.90 Å². The van der Waals surface area contributed by atoms with Gasteiger partial charge in [0.15, 0.2) is 0 Å². The fourth-order valence-corrected chi connectivity index (χ4v) is 1.91. The van der Waals surface area contributed by atoms with Crippen molar-refractivity contribution in [2.24, 2.45) is 0 Å². The zero-order chi connectivity index (χ0) is 14.6. The van der Waals surface area contributed by atoms with Crippen molar-refractivity contribution in [3.63, 3.8) is 0 Å². The van der Waals surface area contributed by atoms with Gasteiger partial charge in [-0.25, -0.2) is 0 Å². The van der Waals surface area contributed by atoms with E-state index in [0.717, 1.165) is 0 Å². The summed E-state index contributed by atoms with van der Waals surface area (Å²) in [5.74, 6) is 0.648. The molecule has 0 atom stereocenters. The standard InChI is InChI=1S/C14H21NO4/c1-14(2,17)9-15(3)13(16)12-10(18-4)7-6-8-11(12)19-5/h6-8,17H,9H2,1-5H3. The Morgan fingerprint density at radius 1 is 1.26 bits per heavy atom. The predicted octanol–water partition coefficient (Wildman–Crippen LogP) is 1.55. The number of rotatable bonds is 5. The molecule has 0 saturated carbocycles. The zero-order valence-electron chi connectivity index (χ0n) is 12.1. The summed E-state index contributed by atoms with van der Waals surface area (Å²) in [5, 5.41) is 9.78. The number of carbonyl (C=O) groups excluding carboxylic acids is 1. The topological polar surface area (TPSA) is 59.0 Å². The van der Waals surface area contributed by atoms with Gasteiger partial charge in [-0.3, -0.25) is 4.79 Å². The molecule has 1 aromatic carbocycles. The Morgan fingerprint density at radius 2 is 1.74 bits per heavy atom. The van der Waals surface area contributed by atoms with Crippen LogP contribution >= 0.6 is 0 Å². The second-order valence-corrected chi connectivity index (χ2v) is 5.01. The third-order valence-corrected chi connectivity index (χ3v) is 2.61. The highest BCUT2D eigenvalue weighted by atomic mass is 16.5. The average molecular weight is 267 g/mol. The third-order valence-electron chi connectivity index (χ3n) is 2.61. The van der Waals surface area contributed by atoms with Gasteiger partial charge in [0.2, 0.25) is 0 Å². The van der Waals surface area contributed by atoms with Crippen LogP contribution in [0.1, 0.15) is 24.2 Å². The number of benzene rings is 1. The molecule has 1 rings (SSSR count). The van der Waals surface area contributed by atoms with E-state index in [2.05, 4.69) is 0 Å². The maximum absolute atomic E-state index is 12.4. The van der Waals surface area contributed by atoms with E-state index in [0.29, 0.717) is 17.1 Å². The SMILES string of the molecule is COc1cccc(OC)c1C(=O)N(C)CC(C)(C)O. The zero-order valence-corrected chi connectivity index (χ0v) is 12.1. The lowest BCUT2D eigenvalue weighted by Crippen LogP contribution is -2.39. The van der Waals surface area contributed by atoms with Gasteiger partial charge >= 0.3 is 0 Å². The molecule has 1 aromatic rings. The van der Waals surface area contributed by atoms with E-state index in [9.17, 15) is 9.90 Å². The van der Waals surface area contributed by atoms with Crippen LogP contribution in [0.3, 0.4) is 0 Å². The van der Waals surface area contributed by atoms with Crippen LogP contribution in [0.4, 0.5) is 0 Å². The molecule has 0 fully saturated rings. The van der Waals surface area contributed by atoms with Gasteiger partial charge in [-0.05, 0) is 26.0 Å². The molecular weight excluding hydrogens is 246 g/mol. The van der Waals surface area contributed by atoms with Gasteiger partial charge in [-0.2, -0.15) is 0 Å². The van der Waals surface area contributed by atoms with Crippen LogP contribution in [0, 0.1) is 0 Å². The lowest BCUT2D eigenvalue weighted by Gasteiger charge is -2.26. The molecular formula is C14H21NO4. The molecule has 0 bridgehead atoms. The van der Waals surface area contributed by atoms with Crippen molar-refractivity contribution >= 4 is 5.91 Å². The van der Waals surface area contributed by atoms with Gasteiger partial charge in [0.25, 0.3) is 5.91 Å². The lowest BCUT2D eigenvalue weighted by molar-refractivity contribution is 0.0364. The normalized spacial score (nSPS) is 11.1. The van der Waals surface area contributed by atoms with E-state index in [1.165, 1.54) is 19.1 Å². The number of carbonyl (C=O) groups is 1. The van der Waals surface area contributed by atoms with Crippen LogP contribution < -0.4 is 9.47 Å². The summed E-state index contributed by atoms with van der Waals surface area (Å²) >= 11 is 0. The maximum atomic E-state index is 12.4. The number of hydrogen-bond acceptors (Lipinski definition) is 4. The van der Waals surface area contributed by atoms with Crippen molar-refractivity contribution in [2.45, 2.75) is 19.4 Å². The minimum atomic E-state index is -0.959. The van der Waals surface area contributed by atoms with Crippen molar-refractivity contribution in [3.8, 4) is 11.5 Å². The van der Waals surface area contributed by atoms with E-state index < -0.39 is 5.60 Å². The number of aliphatic hydroxyl groups is 1. The molecule has 0 unspecified atom stereocenters. The number of likely N-dealkylation sites (N-methyl/N-ethyl adjacent to an activating group) is 1. The van der Waals surface area contributed by atoms with Crippen LogP contribution in [0.15, 0.2) is 18.2 Å². The van der Waals surface area contributed by atoms with Gasteiger partial charge in [0, 0.05) is 13.6 Å². The van der Waals surface area contributed by atoms with Crippen molar-refractivity contribution < 1.29 is 19.4 Å². The number of ether oxygens (including phenoxy) is 2. The van der Waals surface area contributed by atoms with E-state index in [-0.39, 0.29) is 12.5 Å². The van der Waals surface area contributed by atoms with Gasteiger partial charge in [0.1, 0.15) is 17.1 Å². The summed E-state index contributed by atoms with van der Waals surface area (Å²) in [7, 11) is 4.63. The minimum Gasteiger partial charge on any atom is -0.496 e. The number of nitrogens with zero attached hydrogens (tertiary/aromatic N) is 1. The average Bonchev–Trinajstić information content (AvgIpc) is 2.34. The molecule has 1 N–H and O–H groups in total. The molecule has 19 heavy (non-hydrogen) atoms. The maximum Gasteiger partial charge on any atom is 0.261 e. The fourth-order valence-electron chi connectivity index (χ4n) is 1.91. The predicted molar refractivity (Wildman–Crippen MR) is 72.8 cm³/mol. The van der Waals surface area contributed by atoms with Gasteiger partial charge in [-0.15, -0.1) is 0 Å². The number of hydrogen-bond donors (Lipinski definition) is 1. The van der Waals surface area contributed by atoms with Gasteiger partial charge in [-0.1, -0.05) is 6.07 Å². The summed E-state index contributed by atoms with van der Waals surface area (Å²) in [6.45, 7) is 3.51. The first kappa shape index (κ1) is 15.3. The second-order valence-electron chi connectivity index (χ2n) is 5.01. The summed E-state index contributed by atoms with van der Waals surface area (Å²) in [6, 6.07) is 5.16. The molecule has 0 aromatic heterocycles. The minimum absolute atomic E-state index is 0.215. The molecule has 0 aliphatic carbocycles. The van der Waals surface area contributed by atoms with Gasteiger partial charge < -0.3 is 19.5 Å². The highest BCUT2D eigenvalue weighted by Crippen LogP contribution is 2.29. The Kier molecular flexibility index (Phi) is 4.78. The van der Waals surface area contributed by atoms with Gasteiger partial charge in [0.05, 0.1) is 19.8 Å². The van der Waals surface area contributed by atoms with E-state index in [4.69, 9.17) is 9.47 Å². The summed E-state index contributed by atoms with van der Waals surface area (Å²) in [6.07, 6.45) is 0. The molecule has 106 valence electrons. The molecule has 1 amide bonds. The first-order valence-electron chi connectivity index (χ1n) is 5.99. The largest absolute Gasteiger partial charge is 0.496 e. The molecule has 0 heterocycles. The summed E-state index contributed by atoms with van der Waals surface area (Å²) < 4.78 is 10.4. The van der Waals surface area contributed by atoms with Crippen molar-refractivity contribution in [2.75, 3.05) is 27.8 Å². The Labute approximate surface area is 113 Å². The Balaban J connectivity index is 3.11. The van der Waals surface area contributed by atoms with E-state index in [1.54, 1.807) is 39.1 Å². The van der Waals surface area contributed by atoms with Crippen molar-refractivity contribution in [3.05, 3.63) is 23.8 Å². The first-order chi connectivity index (χ1) is 8.80. The number of amides is 1. The second kappa shape index (κ2) is 5.93. The summed E-state index contributed by atoms with van der Waals surface area (Å²) in [5.41, 5.74) is -0.598. The Bertz CT molecular complexity index is 429. The highest BCUT2D eigenvalue weighted by molar-refractivity contribution is 5.99. The number of methoxy groups -OCH3 is 2. The third kappa shape index (κ3) is 3.86. The van der Waals surface area contributed by atoms with E-state index in [1.807, 2.05) is 0 Å². The van der Waals surface area contributed by atoms with E-state index >= 15 is 0 Å². The molecule has 0 radical (unpaired) electrons. The lowest BCUT2D eigenvalue weighted by atomic mass is 10.1. The quantitative estimate of drug-likeness (QED) is 0.879. The Morgan fingerprint density at radius 3 is 2.11 bits per heavy atom. The monoisotopic (exact) mass is 267 g/mol.